The fourth-order valence-electron chi connectivity index (χ4n) is 7.03. The van der Waals surface area contributed by atoms with Gasteiger partial charge in [-0.2, -0.15) is 0 Å². The Labute approximate surface area is 382 Å². The van der Waals surface area contributed by atoms with Gasteiger partial charge in [-0.25, -0.2) is 0 Å². The van der Waals surface area contributed by atoms with Gasteiger partial charge in [-0.15, -0.1) is 0 Å². The minimum atomic E-state index is -0.796. The molecule has 0 aromatic rings. The monoisotopic (exact) mass is 865 g/mol. The molecule has 0 bridgehead atoms. The van der Waals surface area contributed by atoms with Crippen LogP contribution in [-0.4, -0.2) is 37.2 Å². The molecule has 1 unspecified atom stereocenters. The van der Waals surface area contributed by atoms with E-state index in [-0.39, 0.29) is 31.1 Å². The van der Waals surface area contributed by atoms with E-state index in [4.69, 9.17) is 14.2 Å². The van der Waals surface area contributed by atoms with Gasteiger partial charge in [0.15, 0.2) is 6.10 Å². The van der Waals surface area contributed by atoms with E-state index in [1.807, 2.05) is 0 Å². The first kappa shape index (κ1) is 58.9. The first-order valence-corrected chi connectivity index (χ1v) is 26.0. The number of ether oxygens (including phenoxy) is 3. The molecule has 62 heavy (non-hydrogen) atoms. The van der Waals surface area contributed by atoms with Gasteiger partial charge < -0.3 is 14.2 Å². The Bertz CT molecular complexity index is 1180. The highest BCUT2D eigenvalue weighted by molar-refractivity contribution is 5.71. The van der Waals surface area contributed by atoms with E-state index in [0.717, 1.165) is 116 Å². The topological polar surface area (TPSA) is 78.9 Å². The van der Waals surface area contributed by atoms with Crippen LogP contribution in [0.25, 0.3) is 0 Å². The Balaban J connectivity index is 4.43. The van der Waals surface area contributed by atoms with Crippen molar-refractivity contribution in [1.29, 1.82) is 0 Å². The van der Waals surface area contributed by atoms with Crippen molar-refractivity contribution in [3.05, 3.63) is 72.9 Å². The standard InChI is InChI=1S/C56H96O6/c1-4-7-10-13-16-19-22-25-27-28-29-30-32-34-37-40-43-46-49-55(58)61-52-53(51-60-54(57)48-45-42-39-36-33-24-21-18-15-12-9-6-3)62-56(59)50-47-44-41-38-35-31-26-23-20-17-14-11-8-5-2/h8,11,17-18,20-21,26-31,53H,4-7,9-10,12-16,19,22-25,32-52H2,1-3H3/b11-8-,20-17-,21-18-,28-27-,30-29-,31-26-. The SMILES string of the molecule is CC/C=C\C/C=C\C/C=C\CCCCCCC(=O)OC(COC(=O)CCCCCCC/C=C\C=C/CCCCCCCCC)COC(=O)CCCCCCC/C=C\CCCCC. The molecule has 1 atom stereocenters. The van der Waals surface area contributed by atoms with Crippen molar-refractivity contribution in [2.75, 3.05) is 13.2 Å². The number of esters is 3. The number of hydrogen-bond acceptors (Lipinski definition) is 6. The summed E-state index contributed by atoms with van der Waals surface area (Å²) in [6.45, 7) is 6.45. The largest absolute Gasteiger partial charge is 0.462 e. The average molecular weight is 865 g/mol. The van der Waals surface area contributed by atoms with Gasteiger partial charge in [-0.1, -0.05) is 196 Å². The van der Waals surface area contributed by atoms with Crippen LogP contribution in [0.2, 0.25) is 0 Å². The molecule has 0 heterocycles. The second-order valence-electron chi connectivity index (χ2n) is 17.1. The Hall–Kier alpha value is -3.15. The fourth-order valence-corrected chi connectivity index (χ4v) is 7.03. The fraction of sp³-hybridized carbons (Fsp3) is 0.732. The third kappa shape index (κ3) is 47.9. The molecule has 0 aliphatic heterocycles. The molecule has 6 heteroatoms. The van der Waals surface area contributed by atoms with Crippen molar-refractivity contribution >= 4 is 17.9 Å². The lowest BCUT2D eigenvalue weighted by Gasteiger charge is -2.18. The van der Waals surface area contributed by atoms with Gasteiger partial charge in [0.1, 0.15) is 13.2 Å². The van der Waals surface area contributed by atoms with Gasteiger partial charge in [-0.05, 0) is 103 Å². The first-order valence-electron chi connectivity index (χ1n) is 26.0. The molecule has 0 rings (SSSR count). The van der Waals surface area contributed by atoms with E-state index in [2.05, 4.69) is 93.7 Å². The van der Waals surface area contributed by atoms with E-state index in [0.29, 0.717) is 19.3 Å². The minimum absolute atomic E-state index is 0.0944. The zero-order chi connectivity index (χ0) is 45.1. The molecular weight excluding hydrogens is 769 g/mol. The summed E-state index contributed by atoms with van der Waals surface area (Å²) in [5.41, 5.74) is 0. The van der Waals surface area contributed by atoms with Gasteiger partial charge in [0, 0.05) is 19.3 Å². The zero-order valence-electron chi connectivity index (χ0n) is 40.6. The van der Waals surface area contributed by atoms with E-state index < -0.39 is 6.10 Å². The molecule has 0 amide bonds. The maximum atomic E-state index is 12.8. The van der Waals surface area contributed by atoms with Crippen LogP contribution in [0.3, 0.4) is 0 Å². The van der Waals surface area contributed by atoms with E-state index >= 15 is 0 Å². The number of rotatable bonds is 46. The van der Waals surface area contributed by atoms with Crippen LogP contribution in [0.1, 0.15) is 245 Å². The highest BCUT2D eigenvalue weighted by Crippen LogP contribution is 2.13. The molecule has 0 aromatic carbocycles. The molecule has 0 radical (unpaired) electrons. The predicted molar refractivity (Wildman–Crippen MR) is 265 cm³/mol. The summed E-state index contributed by atoms with van der Waals surface area (Å²) >= 11 is 0. The van der Waals surface area contributed by atoms with Gasteiger partial charge in [0.2, 0.25) is 0 Å². The normalized spacial score (nSPS) is 12.6. The predicted octanol–water partition coefficient (Wildman–Crippen LogP) is 17.0. The van der Waals surface area contributed by atoms with Crippen molar-refractivity contribution in [2.24, 2.45) is 0 Å². The molecule has 356 valence electrons. The molecule has 0 spiro atoms. The molecule has 0 aliphatic rings. The van der Waals surface area contributed by atoms with Crippen LogP contribution in [0.5, 0.6) is 0 Å². The number of carbonyl (C=O) groups is 3. The van der Waals surface area contributed by atoms with Crippen molar-refractivity contribution < 1.29 is 28.6 Å². The average Bonchev–Trinajstić information content (AvgIpc) is 3.27. The Kier molecular flexibility index (Phi) is 47.9. The second kappa shape index (κ2) is 50.5. The Morgan fingerprint density at radius 2 is 0.677 bits per heavy atom. The quantitative estimate of drug-likeness (QED) is 0.0199. The van der Waals surface area contributed by atoms with Crippen molar-refractivity contribution in [1.82, 2.24) is 0 Å². The van der Waals surface area contributed by atoms with Crippen molar-refractivity contribution in [2.45, 2.75) is 252 Å². The Morgan fingerprint density at radius 3 is 1.13 bits per heavy atom. The zero-order valence-corrected chi connectivity index (χ0v) is 40.6. The maximum Gasteiger partial charge on any atom is 0.306 e. The van der Waals surface area contributed by atoms with Crippen LogP contribution < -0.4 is 0 Å². The highest BCUT2D eigenvalue weighted by atomic mass is 16.6. The molecule has 0 saturated carbocycles. The number of unbranched alkanes of at least 4 members (excludes halogenated alkanes) is 24. The first-order chi connectivity index (χ1) is 30.5. The van der Waals surface area contributed by atoms with Gasteiger partial charge in [0.05, 0.1) is 0 Å². The van der Waals surface area contributed by atoms with Crippen molar-refractivity contribution in [3.63, 3.8) is 0 Å². The third-order valence-corrected chi connectivity index (χ3v) is 10.9. The summed E-state index contributed by atoms with van der Waals surface area (Å²) < 4.78 is 16.8. The lowest BCUT2D eigenvalue weighted by atomic mass is 10.1. The lowest BCUT2D eigenvalue weighted by Crippen LogP contribution is -2.30. The summed E-state index contributed by atoms with van der Waals surface area (Å²) in [4.78, 5) is 37.9. The highest BCUT2D eigenvalue weighted by Gasteiger charge is 2.19. The van der Waals surface area contributed by atoms with Crippen LogP contribution in [-0.2, 0) is 28.6 Å². The van der Waals surface area contributed by atoms with Crippen LogP contribution in [0, 0.1) is 0 Å². The third-order valence-electron chi connectivity index (χ3n) is 10.9. The van der Waals surface area contributed by atoms with Crippen LogP contribution in [0.15, 0.2) is 72.9 Å². The van der Waals surface area contributed by atoms with E-state index in [1.54, 1.807) is 0 Å². The summed E-state index contributed by atoms with van der Waals surface area (Å²) in [7, 11) is 0. The molecule has 0 aliphatic carbocycles. The summed E-state index contributed by atoms with van der Waals surface area (Å²) in [6, 6.07) is 0. The van der Waals surface area contributed by atoms with Gasteiger partial charge >= 0.3 is 17.9 Å². The number of hydrogen-bond donors (Lipinski definition) is 0. The minimum Gasteiger partial charge on any atom is -0.462 e. The van der Waals surface area contributed by atoms with Crippen LogP contribution in [0.4, 0.5) is 0 Å². The van der Waals surface area contributed by atoms with Crippen LogP contribution >= 0.6 is 0 Å². The number of carbonyl (C=O) groups excluding carboxylic acids is 3. The summed E-state index contributed by atoms with van der Waals surface area (Å²) in [5, 5.41) is 0. The smallest absolute Gasteiger partial charge is 0.306 e. The molecule has 0 fully saturated rings. The van der Waals surface area contributed by atoms with E-state index in [9.17, 15) is 14.4 Å². The van der Waals surface area contributed by atoms with Gasteiger partial charge in [-0.3, -0.25) is 14.4 Å². The van der Waals surface area contributed by atoms with Crippen molar-refractivity contribution in [3.8, 4) is 0 Å². The van der Waals surface area contributed by atoms with Gasteiger partial charge in [0.25, 0.3) is 0 Å². The lowest BCUT2D eigenvalue weighted by molar-refractivity contribution is -0.167. The maximum absolute atomic E-state index is 12.8. The summed E-state index contributed by atoms with van der Waals surface area (Å²) in [5.74, 6) is -0.940. The molecular formula is C56H96O6. The molecule has 0 N–H and O–H groups in total. The van der Waals surface area contributed by atoms with E-state index in [1.165, 1.54) is 89.9 Å². The molecule has 6 nitrogen and oxygen atoms in total. The Morgan fingerprint density at radius 1 is 0.355 bits per heavy atom. The summed E-state index contributed by atoms with van der Waals surface area (Å²) in [6.07, 6.45) is 63.1. The molecule has 0 saturated heterocycles. The molecule has 0 aromatic heterocycles. The second-order valence-corrected chi connectivity index (χ2v) is 17.1. The number of allylic oxidation sites excluding steroid dienone is 12.